The molecular formula is C19H27N7. The second-order valence-corrected chi connectivity index (χ2v) is 7.57. The highest BCUT2D eigenvalue weighted by atomic mass is 15.8. The first-order chi connectivity index (χ1) is 12.9. The van der Waals surface area contributed by atoms with Gasteiger partial charge in [-0.1, -0.05) is 42.5 Å². The highest BCUT2D eigenvalue weighted by Gasteiger charge is 2.40. The van der Waals surface area contributed by atoms with E-state index in [0.717, 1.165) is 26.1 Å². The zero-order chi connectivity index (χ0) is 17.3. The molecule has 0 radical (unpaired) electrons. The van der Waals surface area contributed by atoms with Crippen LogP contribution in [-0.2, 0) is 0 Å². The lowest BCUT2D eigenvalue weighted by atomic mass is 9.83. The molecule has 26 heavy (non-hydrogen) atoms. The molecule has 0 amide bonds. The van der Waals surface area contributed by atoms with E-state index >= 15 is 0 Å². The summed E-state index contributed by atoms with van der Waals surface area (Å²) < 4.78 is 0. The maximum atomic E-state index is 3.60. The van der Waals surface area contributed by atoms with E-state index < -0.39 is 0 Å². The predicted molar refractivity (Wildman–Crippen MR) is 102 cm³/mol. The highest BCUT2D eigenvalue weighted by Crippen LogP contribution is 2.36. The van der Waals surface area contributed by atoms with Gasteiger partial charge in [0.25, 0.3) is 0 Å². The average Bonchev–Trinajstić information content (AvgIpc) is 3.35. The van der Waals surface area contributed by atoms with Gasteiger partial charge in [0.1, 0.15) is 0 Å². The van der Waals surface area contributed by atoms with Crippen LogP contribution in [0.15, 0.2) is 42.5 Å². The lowest BCUT2D eigenvalue weighted by Crippen LogP contribution is -2.47. The number of nitrogens with one attached hydrogen (secondary N) is 6. The van der Waals surface area contributed by atoms with Gasteiger partial charge in [-0.2, -0.15) is 11.1 Å². The molecule has 7 nitrogen and oxygen atoms in total. The van der Waals surface area contributed by atoms with Gasteiger partial charge in [-0.25, -0.2) is 16.3 Å². The Hall–Kier alpha value is -1.58. The molecule has 0 saturated carbocycles. The van der Waals surface area contributed by atoms with Crippen LogP contribution in [0, 0.1) is 5.92 Å². The van der Waals surface area contributed by atoms with Crippen molar-refractivity contribution in [1.29, 1.82) is 0 Å². The number of hydrogen-bond acceptors (Lipinski definition) is 7. The first-order valence-corrected chi connectivity index (χ1v) is 9.60. The summed E-state index contributed by atoms with van der Waals surface area (Å²) in [5, 5.41) is 2.69. The lowest BCUT2D eigenvalue weighted by Gasteiger charge is -2.36. The van der Waals surface area contributed by atoms with E-state index in [1.807, 2.05) is 0 Å². The zero-order valence-corrected chi connectivity index (χ0v) is 14.8. The Morgan fingerprint density at radius 3 is 2.69 bits per heavy atom. The molecule has 7 heteroatoms. The summed E-state index contributed by atoms with van der Waals surface area (Å²) in [6.07, 6.45) is 2.54. The van der Waals surface area contributed by atoms with Crippen molar-refractivity contribution in [2.75, 3.05) is 19.6 Å². The number of nitrogens with zero attached hydrogens (tertiary/aromatic N) is 1. The molecule has 3 aliphatic rings. The van der Waals surface area contributed by atoms with Crippen LogP contribution < -0.4 is 32.8 Å². The molecule has 3 heterocycles. The van der Waals surface area contributed by atoms with Gasteiger partial charge in [0.15, 0.2) is 0 Å². The van der Waals surface area contributed by atoms with Gasteiger partial charge in [0, 0.05) is 25.0 Å². The summed E-state index contributed by atoms with van der Waals surface area (Å²) >= 11 is 0. The summed E-state index contributed by atoms with van der Waals surface area (Å²) in [6.45, 7) is 3.39. The molecule has 2 aromatic rings. The van der Waals surface area contributed by atoms with E-state index in [2.05, 4.69) is 80.1 Å². The van der Waals surface area contributed by atoms with Crippen LogP contribution in [-0.4, -0.2) is 36.7 Å². The van der Waals surface area contributed by atoms with Crippen molar-refractivity contribution >= 4 is 10.8 Å². The molecular weight excluding hydrogens is 326 g/mol. The summed E-state index contributed by atoms with van der Waals surface area (Å²) in [5.74, 6) is 0.593. The largest absolute Gasteiger partial charge is 0.303 e. The number of benzene rings is 2. The number of rotatable bonds is 4. The molecule has 138 valence electrons. The number of likely N-dealkylation sites (tertiary alicyclic amines) is 1. The predicted octanol–water partition coefficient (Wildman–Crippen LogP) is 0.512. The Labute approximate surface area is 153 Å². The van der Waals surface area contributed by atoms with Crippen molar-refractivity contribution in [1.82, 2.24) is 37.7 Å². The third kappa shape index (κ3) is 3.12. The van der Waals surface area contributed by atoms with Crippen LogP contribution in [0.2, 0.25) is 0 Å². The molecule has 3 atom stereocenters. The molecule has 0 bridgehead atoms. The molecule has 6 N–H and O–H groups in total. The number of fused-ring (bicyclic) bond motifs is 2. The second-order valence-electron chi connectivity index (χ2n) is 7.57. The molecule has 3 fully saturated rings. The Morgan fingerprint density at radius 2 is 1.77 bits per heavy atom. The van der Waals surface area contributed by atoms with E-state index in [1.165, 1.54) is 22.8 Å². The normalized spacial score (nSPS) is 30.1. The van der Waals surface area contributed by atoms with Gasteiger partial charge in [-0.15, -0.1) is 0 Å². The van der Waals surface area contributed by atoms with Crippen LogP contribution in [0.4, 0.5) is 0 Å². The van der Waals surface area contributed by atoms with Gasteiger partial charge < -0.3 is 4.90 Å². The Balaban J connectivity index is 1.32. The minimum absolute atomic E-state index is 0.279. The van der Waals surface area contributed by atoms with Gasteiger partial charge in [-0.05, 0) is 35.7 Å². The molecule has 3 saturated heterocycles. The Morgan fingerprint density at radius 1 is 0.923 bits per heavy atom. The van der Waals surface area contributed by atoms with Crippen molar-refractivity contribution < 1.29 is 0 Å². The van der Waals surface area contributed by atoms with Gasteiger partial charge in [-0.3, -0.25) is 5.43 Å². The number of piperidine rings is 1. The maximum absolute atomic E-state index is 3.60. The molecule has 3 aliphatic heterocycles. The first kappa shape index (κ1) is 16.6. The van der Waals surface area contributed by atoms with Gasteiger partial charge in [0.2, 0.25) is 0 Å². The van der Waals surface area contributed by atoms with Crippen molar-refractivity contribution in [3.63, 3.8) is 0 Å². The maximum Gasteiger partial charge on any atom is 0.0871 e. The van der Waals surface area contributed by atoms with Gasteiger partial charge >= 0.3 is 0 Å². The molecule has 3 unspecified atom stereocenters. The number of hydrogen-bond donors (Lipinski definition) is 6. The molecule has 0 aliphatic carbocycles. The first-order valence-electron chi connectivity index (χ1n) is 9.60. The SMILES string of the molecule is c1ccc2c(C3NNC4CCN(CCC5NNNN5)CC43)cccc2c1. The Bertz CT molecular complexity index is 755. The van der Waals surface area contributed by atoms with E-state index in [1.54, 1.807) is 0 Å². The molecule has 0 spiro atoms. The molecule has 2 aromatic carbocycles. The summed E-state index contributed by atoms with van der Waals surface area (Å²) in [7, 11) is 0. The smallest absolute Gasteiger partial charge is 0.0871 e. The van der Waals surface area contributed by atoms with Crippen LogP contribution in [0.1, 0.15) is 24.4 Å². The minimum atomic E-state index is 0.279. The highest BCUT2D eigenvalue weighted by molar-refractivity contribution is 5.86. The zero-order valence-electron chi connectivity index (χ0n) is 14.8. The van der Waals surface area contributed by atoms with E-state index in [4.69, 9.17) is 0 Å². The standard InChI is InChI=1S/C19H27N7/c1-2-6-14-13(4-1)5-3-7-15(14)19-16-12-26(10-8-17(16)20-23-19)11-9-18-21-24-25-22-18/h1-7,16-25H,8-12H2. The van der Waals surface area contributed by atoms with Crippen molar-refractivity contribution in [2.24, 2.45) is 5.92 Å². The summed E-state index contributed by atoms with van der Waals surface area (Å²) in [6, 6.07) is 16.3. The monoisotopic (exact) mass is 353 g/mol. The summed E-state index contributed by atoms with van der Waals surface area (Å²) in [5.41, 5.74) is 20.7. The van der Waals surface area contributed by atoms with Crippen molar-refractivity contribution in [3.8, 4) is 0 Å². The Kier molecular flexibility index (Phi) is 4.60. The van der Waals surface area contributed by atoms with Crippen LogP contribution in [0.3, 0.4) is 0 Å². The van der Waals surface area contributed by atoms with Gasteiger partial charge in [0.05, 0.1) is 12.2 Å². The fraction of sp³-hybridized carbons (Fsp3) is 0.474. The third-order valence-corrected chi connectivity index (χ3v) is 6.04. The lowest BCUT2D eigenvalue weighted by molar-refractivity contribution is 0.148. The van der Waals surface area contributed by atoms with Crippen LogP contribution in [0.5, 0.6) is 0 Å². The summed E-state index contributed by atoms with van der Waals surface area (Å²) in [4.78, 5) is 2.61. The fourth-order valence-electron chi connectivity index (χ4n) is 4.64. The average molecular weight is 353 g/mol. The number of hydrazine groups is 4. The van der Waals surface area contributed by atoms with Crippen molar-refractivity contribution in [2.45, 2.75) is 31.1 Å². The van der Waals surface area contributed by atoms with Crippen molar-refractivity contribution in [3.05, 3.63) is 48.0 Å². The van der Waals surface area contributed by atoms with E-state index in [-0.39, 0.29) is 6.17 Å². The molecule has 0 aromatic heterocycles. The molecule has 5 rings (SSSR count). The van der Waals surface area contributed by atoms with E-state index in [9.17, 15) is 0 Å². The van der Waals surface area contributed by atoms with E-state index in [0.29, 0.717) is 18.0 Å². The minimum Gasteiger partial charge on any atom is -0.303 e. The third-order valence-electron chi connectivity index (χ3n) is 6.04. The van der Waals surface area contributed by atoms with Crippen LogP contribution in [0.25, 0.3) is 10.8 Å². The topological polar surface area (TPSA) is 75.4 Å². The quantitative estimate of drug-likeness (QED) is 0.478. The fourth-order valence-corrected chi connectivity index (χ4v) is 4.64. The van der Waals surface area contributed by atoms with Crippen LogP contribution >= 0.6 is 0 Å². The second kappa shape index (κ2) is 7.21.